The predicted octanol–water partition coefficient (Wildman–Crippen LogP) is 0.929. The second kappa shape index (κ2) is 4.40. The van der Waals surface area contributed by atoms with Crippen LogP contribution in [-0.4, -0.2) is 26.0 Å². The summed E-state index contributed by atoms with van der Waals surface area (Å²) in [7, 11) is -3.32. The van der Waals surface area contributed by atoms with Crippen molar-refractivity contribution in [2.45, 2.75) is 39.9 Å². The zero-order valence-corrected chi connectivity index (χ0v) is 10.2. The standard InChI is InChI=1S/C9H19NO3S/c1-7(2)14(12,13)10-6-8(11)9(3,4)5/h7,10H,6H2,1-5H3. The second-order valence-electron chi connectivity index (χ2n) is 4.59. The van der Waals surface area contributed by atoms with Crippen LogP contribution in [0.2, 0.25) is 0 Å². The number of carbonyl (C=O) groups is 1. The lowest BCUT2D eigenvalue weighted by molar-refractivity contribution is -0.125. The fraction of sp³-hybridized carbons (Fsp3) is 0.889. The average Bonchev–Trinajstić information content (AvgIpc) is 1.98. The quantitative estimate of drug-likeness (QED) is 0.768. The van der Waals surface area contributed by atoms with Crippen LogP contribution in [0, 0.1) is 5.41 Å². The average molecular weight is 221 g/mol. The van der Waals surface area contributed by atoms with Crippen LogP contribution >= 0.6 is 0 Å². The third kappa shape index (κ3) is 4.19. The first-order chi connectivity index (χ1) is 6.07. The highest BCUT2D eigenvalue weighted by molar-refractivity contribution is 7.90. The van der Waals surface area contributed by atoms with Crippen molar-refractivity contribution in [3.63, 3.8) is 0 Å². The minimum absolute atomic E-state index is 0.110. The van der Waals surface area contributed by atoms with Gasteiger partial charge in [-0.25, -0.2) is 13.1 Å². The largest absolute Gasteiger partial charge is 0.298 e. The fourth-order valence-corrected chi connectivity index (χ4v) is 1.26. The maximum Gasteiger partial charge on any atom is 0.214 e. The highest BCUT2D eigenvalue weighted by Crippen LogP contribution is 2.13. The van der Waals surface area contributed by atoms with Crippen LogP contribution in [0.1, 0.15) is 34.6 Å². The minimum atomic E-state index is -3.32. The van der Waals surface area contributed by atoms with Crippen molar-refractivity contribution >= 4 is 15.8 Å². The van der Waals surface area contributed by atoms with Crippen LogP contribution in [0.5, 0.6) is 0 Å². The molecule has 0 aliphatic rings. The summed E-state index contributed by atoms with van der Waals surface area (Å²) in [4.78, 5) is 11.4. The molecule has 14 heavy (non-hydrogen) atoms. The Labute approximate surface area is 86.1 Å². The van der Waals surface area contributed by atoms with Crippen molar-refractivity contribution in [2.24, 2.45) is 5.41 Å². The van der Waals surface area contributed by atoms with Gasteiger partial charge in [0.05, 0.1) is 11.8 Å². The summed E-state index contributed by atoms with van der Waals surface area (Å²) in [6, 6.07) is 0. The lowest BCUT2D eigenvalue weighted by Gasteiger charge is -2.17. The summed E-state index contributed by atoms with van der Waals surface area (Å²) < 4.78 is 24.9. The van der Waals surface area contributed by atoms with E-state index in [0.29, 0.717) is 0 Å². The molecule has 0 bridgehead atoms. The first-order valence-corrected chi connectivity index (χ1v) is 6.14. The van der Waals surface area contributed by atoms with Crippen LogP contribution in [0.3, 0.4) is 0 Å². The monoisotopic (exact) mass is 221 g/mol. The number of hydrogen-bond acceptors (Lipinski definition) is 3. The van der Waals surface area contributed by atoms with Gasteiger partial charge in [0.15, 0.2) is 5.78 Å². The van der Waals surface area contributed by atoms with Crippen LogP contribution < -0.4 is 4.72 Å². The summed E-state index contributed by atoms with van der Waals surface area (Å²) in [5, 5.41) is -0.504. The summed E-state index contributed by atoms with van der Waals surface area (Å²) in [5.41, 5.74) is -0.500. The van der Waals surface area contributed by atoms with Gasteiger partial charge in [-0.1, -0.05) is 20.8 Å². The van der Waals surface area contributed by atoms with Crippen LogP contribution in [-0.2, 0) is 14.8 Å². The molecule has 1 N–H and O–H groups in total. The van der Waals surface area contributed by atoms with Gasteiger partial charge in [-0.15, -0.1) is 0 Å². The smallest absolute Gasteiger partial charge is 0.214 e. The molecule has 0 aromatic heterocycles. The molecule has 0 aliphatic heterocycles. The van der Waals surface area contributed by atoms with E-state index in [4.69, 9.17) is 0 Å². The Bertz CT molecular complexity index is 299. The van der Waals surface area contributed by atoms with Crippen molar-refractivity contribution in [3.05, 3.63) is 0 Å². The zero-order chi connectivity index (χ0) is 11.6. The summed E-state index contributed by atoms with van der Waals surface area (Å²) in [6.45, 7) is 8.31. The molecule has 0 rings (SSSR count). The van der Waals surface area contributed by atoms with Crippen molar-refractivity contribution in [1.82, 2.24) is 4.72 Å². The highest BCUT2D eigenvalue weighted by Gasteiger charge is 2.23. The zero-order valence-electron chi connectivity index (χ0n) is 9.42. The van der Waals surface area contributed by atoms with Crippen LogP contribution in [0.15, 0.2) is 0 Å². The summed E-state index contributed by atoms with van der Waals surface area (Å²) >= 11 is 0. The number of Topliss-reactive ketones (excluding diaryl/α,β-unsaturated/α-hetero) is 1. The maximum atomic E-state index is 11.4. The van der Waals surface area contributed by atoms with E-state index in [1.807, 2.05) is 0 Å². The van der Waals surface area contributed by atoms with E-state index in [1.54, 1.807) is 34.6 Å². The van der Waals surface area contributed by atoms with Gasteiger partial charge in [0, 0.05) is 5.41 Å². The number of hydrogen-bond donors (Lipinski definition) is 1. The predicted molar refractivity (Wildman–Crippen MR) is 56.5 cm³/mol. The molecule has 0 aromatic carbocycles. The third-order valence-corrected chi connectivity index (χ3v) is 3.68. The molecule has 0 aliphatic carbocycles. The van der Waals surface area contributed by atoms with Gasteiger partial charge >= 0.3 is 0 Å². The number of sulfonamides is 1. The Morgan fingerprint density at radius 3 is 2.00 bits per heavy atom. The third-order valence-electron chi connectivity index (χ3n) is 1.89. The van der Waals surface area contributed by atoms with Crippen molar-refractivity contribution in [2.75, 3.05) is 6.54 Å². The van der Waals surface area contributed by atoms with Crippen molar-refractivity contribution in [1.29, 1.82) is 0 Å². The Kier molecular flexibility index (Phi) is 4.27. The topological polar surface area (TPSA) is 63.2 Å². The van der Waals surface area contributed by atoms with E-state index in [2.05, 4.69) is 4.72 Å². The van der Waals surface area contributed by atoms with E-state index in [9.17, 15) is 13.2 Å². The summed E-state index contributed by atoms with van der Waals surface area (Å²) in [6.07, 6.45) is 0. The molecular formula is C9H19NO3S. The normalized spacial score (nSPS) is 13.3. The first-order valence-electron chi connectivity index (χ1n) is 4.59. The van der Waals surface area contributed by atoms with Crippen molar-refractivity contribution < 1.29 is 13.2 Å². The van der Waals surface area contributed by atoms with Gasteiger partial charge in [0.2, 0.25) is 10.0 Å². The van der Waals surface area contributed by atoms with E-state index >= 15 is 0 Å². The van der Waals surface area contributed by atoms with Gasteiger partial charge < -0.3 is 0 Å². The van der Waals surface area contributed by atoms with E-state index in [-0.39, 0.29) is 12.3 Å². The lowest BCUT2D eigenvalue weighted by atomic mass is 9.91. The summed E-state index contributed by atoms with van der Waals surface area (Å²) in [5.74, 6) is -0.110. The first kappa shape index (κ1) is 13.6. The molecule has 0 saturated heterocycles. The number of nitrogens with one attached hydrogen (secondary N) is 1. The molecule has 0 radical (unpaired) electrons. The van der Waals surface area contributed by atoms with E-state index in [1.165, 1.54) is 0 Å². The van der Waals surface area contributed by atoms with Crippen molar-refractivity contribution in [3.8, 4) is 0 Å². The Morgan fingerprint density at radius 2 is 1.71 bits per heavy atom. The molecule has 0 aromatic rings. The number of rotatable bonds is 4. The van der Waals surface area contributed by atoms with Crippen LogP contribution in [0.25, 0.3) is 0 Å². The Hall–Kier alpha value is -0.420. The molecule has 0 fully saturated rings. The Morgan fingerprint density at radius 1 is 1.29 bits per heavy atom. The molecule has 0 spiro atoms. The molecule has 0 unspecified atom stereocenters. The lowest BCUT2D eigenvalue weighted by Crippen LogP contribution is -2.38. The van der Waals surface area contributed by atoms with Gasteiger partial charge in [-0.3, -0.25) is 4.79 Å². The fourth-order valence-electron chi connectivity index (χ4n) is 0.598. The molecule has 5 heteroatoms. The molecule has 0 amide bonds. The molecule has 0 atom stereocenters. The molecular weight excluding hydrogens is 202 g/mol. The molecule has 0 saturated carbocycles. The van der Waals surface area contributed by atoms with Gasteiger partial charge in [0.25, 0.3) is 0 Å². The SMILES string of the molecule is CC(C)S(=O)(=O)NCC(=O)C(C)(C)C. The number of ketones is 1. The van der Waals surface area contributed by atoms with Gasteiger partial charge in [-0.05, 0) is 13.8 Å². The van der Waals surface area contributed by atoms with Gasteiger partial charge in [-0.2, -0.15) is 0 Å². The van der Waals surface area contributed by atoms with E-state index < -0.39 is 20.7 Å². The maximum absolute atomic E-state index is 11.4. The minimum Gasteiger partial charge on any atom is -0.298 e. The van der Waals surface area contributed by atoms with Gasteiger partial charge in [0.1, 0.15) is 0 Å². The Balaban J connectivity index is 4.29. The number of carbonyl (C=O) groups excluding carboxylic acids is 1. The molecule has 4 nitrogen and oxygen atoms in total. The molecule has 84 valence electrons. The highest BCUT2D eigenvalue weighted by atomic mass is 32.2. The van der Waals surface area contributed by atoms with E-state index in [0.717, 1.165) is 0 Å². The molecule has 0 heterocycles. The van der Waals surface area contributed by atoms with Crippen LogP contribution in [0.4, 0.5) is 0 Å². The second-order valence-corrected chi connectivity index (χ2v) is 6.91.